The van der Waals surface area contributed by atoms with E-state index in [1.165, 1.54) is 6.07 Å². The molecular formula is C12H8ClNO2. The molecule has 1 N–H and O–H groups in total. The Hall–Kier alpha value is -1.87. The van der Waals surface area contributed by atoms with E-state index in [0.29, 0.717) is 0 Å². The first-order valence-electron chi connectivity index (χ1n) is 4.63. The van der Waals surface area contributed by atoms with E-state index in [0.717, 1.165) is 11.3 Å². The maximum Gasteiger partial charge on any atom is 0.337 e. The van der Waals surface area contributed by atoms with Gasteiger partial charge in [-0.25, -0.2) is 4.79 Å². The molecule has 16 heavy (non-hydrogen) atoms. The quantitative estimate of drug-likeness (QED) is 0.867. The van der Waals surface area contributed by atoms with Gasteiger partial charge < -0.3 is 5.11 Å². The zero-order valence-corrected chi connectivity index (χ0v) is 8.98. The molecule has 4 heteroatoms. The smallest absolute Gasteiger partial charge is 0.337 e. The number of halogens is 1. The van der Waals surface area contributed by atoms with Crippen LogP contribution in [-0.4, -0.2) is 16.1 Å². The van der Waals surface area contributed by atoms with E-state index in [2.05, 4.69) is 4.98 Å². The highest BCUT2D eigenvalue weighted by Crippen LogP contribution is 2.23. The number of benzene rings is 1. The summed E-state index contributed by atoms with van der Waals surface area (Å²) in [7, 11) is 0. The molecular weight excluding hydrogens is 226 g/mol. The number of carboxylic acids is 1. The number of rotatable bonds is 2. The van der Waals surface area contributed by atoms with Gasteiger partial charge >= 0.3 is 5.97 Å². The largest absolute Gasteiger partial charge is 0.478 e. The van der Waals surface area contributed by atoms with Gasteiger partial charge in [0.15, 0.2) is 0 Å². The Bertz CT molecular complexity index is 526. The van der Waals surface area contributed by atoms with Crippen LogP contribution < -0.4 is 0 Å². The van der Waals surface area contributed by atoms with Crippen molar-refractivity contribution < 1.29 is 9.90 Å². The van der Waals surface area contributed by atoms with Crippen LogP contribution in [-0.2, 0) is 0 Å². The van der Waals surface area contributed by atoms with Crippen LogP contribution in [0.25, 0.3) is 11.3 Å². The molecule has 0 unspecified atom stereocenters. The molecule has 3 nitrogen and oxygen atoms in total. The minimum absolute atomic E-state index is 0.0878. The molecule has 0 saturated carbocycles. The van der Waals surface area contributed by atoms with Gasteiger partial charge in [0.2, 0.25) is 0 Å². The Balaban J connectivity index is 2.52. The van der Waals surface area contributed by atoms with Crippen molar-refractivity contribution in [3.63, 3.8) is 0 Å². The molecule has 0 amide bonds. The van der Waals surface area contributed by atoms with Crippen LogP contribution in [0.1, 0.15) is 10.4 Å². The fourth-order valence-electron chi connectivity index (χ4n) is 1.38. The Morgan fingerprint density at radius 1 is 1.25 bits per heavy atom. The standard InChI is InChI=1S/C12H8ClNO2/c13-10-5-4-8(7-9(10)12(15)16)11-3-1-2-6-14-11/h1-7H,(H,15,16). The highest BCUT2D eigenvalue weighted by molar-refractivity contribution is 6.33. The SMILES string of the molecule is O=C(O)c1cc(-c2ccccn2)ccc1Cl. The fourth-order valence-corrected chi connectivity index (χ4v) is 1.58. The minimum Gasteiger partial charge on any atom is -0.478 e. The molecule has 1 heterocycles. The lowest BCUT2D eigenvalue weighted by Crippen LogP contribution is -1.97. The van der Waals surface area contributed by atoms with Crippen LogP contribution in [0.4, 0.5) is 0 Å². The fraction of sp³-hybridized carbons (Fsp3) is 0. The molecule has 2 aromatic rings. The third-order valence-electron chi connectivity index (χ3n) is 2.16. The normalized spacial score (nSPS) is 10.1. The van der Waals surface area contributed by atoms with Gasteiger partial charge in [0.1, 0.15) is 0 Å². The number of aromatic nitrogens is 1. The first-order valence-corrected chi connectivity index (χ1v) is 5.00. The van der Waals surface area contributed by atoms with Gasteiger partial charge in [0.05, 0.1) is 16.3 Å². The first-order chi connectivity index (χ1) is 7.68. The molecule has 0 aliphatic heterocycles. The predicted molar refractivity (Wildman–Crippen MR) is 61.6 cm³/mol. The number of carbonyl (C=O) groups is 1. The molecule has 1 aromatic heterocycles. The van der Waals surface area contributed by atoms with Gasteiger partial charge in [-0.3, -0.25) is 4.98 Å². The summed E-state index contributed by atoms with van der Waals surface area (Å²) in [6, 6.07) is 10.3. The second kappa shape index (κ2) is 4.33. The molecule has 80 valence electrons. The summed E-state index contributed by atoms with van der Waals surface area (Å²) in [5, 5.41) is 9.16. The van der Waals surface area contributed by atoms with Crippen molar-refractivity contribution in [3.8, 4) is 11.3 Å². The van der Waals surface area contributed by atoms with Gasteiger partial charge in [0.25, 0.3) is 0 Å². The van der Waals surface area contributed by atoms with Gasteiger partial charge in [-0.2, -0.15) is 0 Å². The lowest BCUT2D eigenvalue weighted by atomic mass is 10.1. The van der Waals surface area contributed by atoms with Crippen molar-refractivity contribution in [1.82, 2.24) is 4.98 Å². The van der Waals surface area contributed by atoms with E-state index in [-0.39, 0.29) is 10.6 Å². The van der Waals surface area contributed by atoms with Crippen molar-refractivity contribution in [2.75, 3.05) is 0 Å². The van der Waals surface area contributed by atoms with E-state index >= 15 is 0 Å². The van der Waals surface area contributed by atoms with E-state index in [1.54, 1.807) is 24.4 Å². The third-order valence-corrected chi connectivity index (χ3v) is 2.49. The second-order valence-corrected chi connectivity index (χ2v) is 3.62. The average Bonchev–Trinajstić information content (AvgIpc) is 2.30. The summed E-state index contributed by atoms with van der Waals surface area (Å²) in [6.45, 7) is 0. The van der Waals surface area contributed by atoms with Gasteiger partial charge in [-0.1, -0.05) is 23.7 Å². The summed E-state index contributed by atoms with van der Waals surface area (Å²) < 4.78 is 0. The summed E-state index contributed by atoms with van der Waals surface area (Å²) in [5.74, 6) is -1.04. The van der Waals surface area contributed by atoms with E-state index in [9.17, 15) is 4.79 Å². The van der Waals surface area contributed by atoms with E-state index < -0.39 is 5.97 Å². The van der Waals surface area contributed by atoms with E-state index in [1.807, 2.05) is 12.1 Å². The van der Waals surface area contributed by atoms with Crippen LogP contribution >= 0.6 is 11.6 Å². The lowest BCUT2D eigenvalue weighted by Gasteiger charge is -2.03. The van der Waals surface area contributed by atoms with Crippen LogP contribution in [0.5, 0.6) is 0 Å². The van der Waals surface area contributed by atoms with Gasteiger partial charge in [-0.05, 0) is 24.3 Å². The molecule has 0 saturated heterocycles. The summed E-state index contributed by atoms with van der Waals surface area (Å²) in [5.41, 5.74) is 1.55. The number of aromatic carboxylic acids is 1. The summed E-state index contributed by atoms with van der Waals surface area (Å²) in [6.07, 6.45) is 1.66. The predicted octanol–water partition coefficient (Wildman–Crippen LogP) is 3.10. The highest BCUT2D eigenvalue weighted by atomic mass is 35.5. The van der Waals surface area contributed by atoms with Crippen molar-refractivity contribution in [2.45, 2.75) is 0 Å². The number of hydrogen-bond acceptors (Lipinski definition) is 2. The van der Waals surface area contributed by atoms with Crippen molar-refractivity contribution >= 4 is 17.6 Å². The zero-order chi connectivity index (χ0) is 11.5. The van der Waals surface area contributed by atoms with Crippen LogP contribution in [0.3, 0.4) is 0 Å². The van der Waals surface area contributed by atoms with Crippen LogP contribution in [0.15, 0.2) is 42.6 Å². The Morgan fingerprint density at radius 2 is 2.06 bits per heavy atom. The second-order valence-electron chi connectivity index (χ2n) is 3.21. The molecule has 0 fully saturated rings. The molecule has 2 rings (SSSR count). The van der Waals surface area contributed by atoms with Crippen LogP contribution in [0, 0.1) is 0 Å². The minimum atomic E-state index is -1.04. The van der Waals surface area contributed by atoms with Gasteiger partial charge in [-0.15, -0.1) is 0 Å². The van der Waals surface area contributed by atoms with Crippen LogP contribution in [0.2, 0.25) is 5.02 Å². The molecule has 0 bridgehead atoms. The summed E-state index contributed by atoms with van der Waals surface area (Å²) in [4.78, 5) is 15.0. The zero-order valence-electron chi connectivity index (χ0n) is 8.22. The highest BCUT2D eigenvalue weighted by Gasteiger charge is 2.10. The molecule has 0 atom stereocenters. The first kappa shape index (κ1) is 10.6. The maximum absolute atomic E-state index is 10.9. The average molecular weight is 234 g/mol. The third kappa shape index (κ3) is 2.04. The lowest BCUT2D eigenvalue weighted by molar-refractivity contribution is 0.0697. The van der Waals surface area contributed by atoms with E-state index in [4.69, 9.17) is 16.7 Å². The molecule has 0 aliphatic carbocycles. The molecule has 0 aliphatic rings. The van der Waals surface area contributed by atoms with Crippen molar-refractivity contribution in [2.24, 2.45) is 0 Å². The maximum atomic E-state index is 10.9. The van der Waals surface area contributed by atoms with Crippen molar-refractivity contribution in [1.29, 1.82) is 0 Å². The monoisotopic (exact) mass is 233 g/mol. The Morgan fingerprint density at radius 3 is 2.69 bits per heavy atom. The number of carboxylic acid groups (broad SMARTS) is 1. The number of nitrogens with zero attached hydrogens (tertiary/aromatic N) is 1. The number of hydrogen-bond donors (Lipinski definition) is 1. The molecule has 1 aromatic carbocycles. The van der Waals surface area contributed by atoms with Gasteiger partial charge in [0, 0.05) is 11.8 Å². The Labute approximate surface area is 97.3 Å². The molecule has 0 radical (unpaired) electrons. The Kier molecular flexibility index (Phi) is 2.88. The molecule has 0 spiro atoms. The summed E-state index contributed by atoms with van der Waals surface area (Å²) >= 11 is 5.78. The number of pyridine rings is 1. The van der Waals surface area contributed by atoms with Crippen molar-refractivity contribution in [3.05, 3.63) is 53.2 Å². The topological polar surface area (TPSA) is 50.2 Å².